The number of aromatic nitrogens is 1. The van der Waals surface area contributed by atoms with Gasteiger partial charge in [0, 0.05) is 58.0 Å². The first-order valence-corrected chi connectivity index (χ1v) is 13.4. The molecule has 0 spiro atoms. The number of ether oxygens (including phenoxy) is 3. The Kier molecular flexibility index (Phi) is 7.15. The topological polar surface area (TPSA) is 93.6 Å². The van der Waals surface area contributed by atoms with Crippen LogP contribution in [0.1, 0.15) is 23.6 Å². The van der Waals surface area contributed by atoms with Crippen LogP contribution in [0.4, 0.5) is 0 Å². The summed E-state index contributed by atoms with van der Waals surface area (Å²) in [7, 11) is 7.82. The molecule has 0 saturated carbocycles. The number of methoxy groups -OCH3 is 3. The van der Waals surface area contributed by atoms with Crippen molar-refractivity contribution in [2.75, 3.05) is 55.1 Å². The number of hydrogen-bond donors (Lipinski definition) is 0. The molecule has 1 aromatic carbocycles. The van der Waals surface area contributed by atoms with Gasteiger partial charge >= 0.3 is 0 Å². The molecule has 208 valence electrons. The summed E-state index contributed by atoms with van der Waals surface area (Å²) in [5, 5.41) is 0.175. The monoisotopic (exact) mass is 554 g/mol. The van der Waals surface area contributed by atoms with Crippen LogP contribution in [-0.4, -0.2) is 91.3 Å². The highest BCUT2D eigenvalue weighted by Crippen LogP contribution is 2.43. The molecule has 5 rings (SSSR count). The Hall–Kier alpha value is -3.44. The molecular weight excluding hydrogens is 520 g/mol. The first-order valence-electron chi connectivity index (χ1n) is 12.9. The van der Waals surface area contributed by atoms with Crippen molar-refractivity contribution in [1.29, 1.82) is 0 Å². The van der Waals surface area contributed by atoms with E-state index in [0.29, 0.717) is 42.4 Å². The lowest BCUT2D eigenvalue weighted by Crippen LogP contribution is -2.67. The van der Waals surface area contributed by atoms with Crippen molar-refractivity contribution in [2.45, 2.75) is 25.3 Å². The number of carbonyl (C=O) groups excluding carboxylic acids is 2. The Morgan fingerprint density at radius 3 is 2.15 bits per heavy atom. The molecule has 2 bridgehead atoms. The van der Waals surface area contributed by atoms with Crippen molar-refractivity contribution in [3.8, 4) is 17.2 Å². The molecule has 11 heteroatoms. The van der Waals surface area contributed by atoms with E-state index in [2.05, 4.69) is 4.90 Å². The zero-order chi connectivity index (χ0) is 28.1. The van der Waals surface area contributed by atoms with E-state index in [1.807, 2.05) is 10.6 Å². The Labute approximate surface area is 233 Å². The maximum atomic E-state index is 14.0. The van der Waals surface area contributed by atoms with Gasteiger partial charge in [-0.1, -0.05) is 6.07 Å². The minimum Gasteiger partial charge on any atom is -0.493 e. The highest BCUT2D eigenvalue weighted by Gasteiger charge is 2.55. The molecule has 10 nitrogen and oxygen atoms in total. The molecule has 3 aliphatic heterocycles. The Bertz CT molecular complexity index is 1340. The third kappa shape index (κ3) is 4.47. The van der Waals surface area contributed by atoms with Crippen LogP contribution >= 0.6 is 12.2 Å². The fourth-order valence-corrected chi connectivity index (χ4v) is 6.73. The van der Waals surface area contributed by atoms with Gasteiger partial charge in [-0.2, -0.15) is 0 Å². The second kappa shape index (κ2) is 10.3. The van der Waals surface area contributed by atoms with Gasteiger partial charge in [-0.3, -0.25) is 24.2 Å². The predicted octanol–water partition coefficient (Wildman–Crippen LogP) is 1.74. The number of nitrogens with zero attached hydrogens (tertiary/aromatic N) is 4. The van der Waals surface area contributed by atoms with Crippen molar-refractivity contribution < 1.29 is 23.8 Å². The molecular formula is C28H34N4O6S. The fraction of sp³-hybridized carbons (Fsp3) is 0.500. The second-order valence-corrected chi connectivity index (χ2v) is 11.1. The maximum absolute atomic E-state index is 14.0. The standard InChI is InChI=1S/C28H34N4O6S/c1-29-25(34)28(26(35)30(2)27(29)39,12-17-10-21(36-3)24(38-5)22(11-17)37-4)16-31-13-18-9-19(15-31)20-7-6-8-23(33)32(20)14-18/h6-8,10-11,18-19H,9,12-16H2,1-5H3/t18-,19-/m1/s1. The van der Waals surface area contributed by atoms with E-state index in [0.717, 1.165) is 12.1 Å². The zero-order valence-electron chi connectivity index (χ0n) is 22.9. The number of thiocarbonyl (C=S) groups is 1. The SMILES string of the molecule is COc1cc(CC2(CN3C[C@H]4C[C@H](C3)c3cccc(=O)n3C4)C(=O)N(C)C(=S)N(C)C2=O)cc(OC)c1OC. The number of pyridine rings is 1. The molecule has 2 atom stereocenters. The smallest absolute Gasteiger partial charge is 0.250 e. The highest BCUT2D eigenvalue weighted by molar-refractivity contribution is 7.80. The number of hydrogen-bond acceptors (Lipinski definition) is 8. The van der Waals surface area contributed by atoms with E-state index in [9.17, 15) is 14.4 Å². The van der Waals surface area contributed by atoms with Crippen molar-refractivity contribution in [3.63, 3.8) is 0 Å². The normalized spacial score (nSPS) is 22.5. The highest BCUT2D eigenvalue weighted by atomic mass is 32.1. The van der Waals surface area contributed by atoms with Crippen LogP contribution in [0, 0.1) is 11.3 Å². The summed E-state index contributed by atoms with van der Waals surface area (Å²) in [6, 6.07) is 8.98. The van der Waals surface area contributed by atoms with Gasteiger partial charge in [-0.15, -0.1) is 0 Å². The average Bonchev–Trinajstić information content (AvgIpc) is 2.94. The predicted molar refractivity (Wildman–Crippen MR) is 148 cm³/mol. The minimum absolute atomic E-state index is 0.0175. The number of fused-ring (bicyclic) bond motifs is 4. The summed E-state index contributed by atoms with van der Waals surface area (Å²) in [6.07, 6.45) is 1.10. The summed E-state index contributed by atoms with van der Waals surface area (Å²) in [6.45, 7) is 2.19. The van der Waals surface area contributed by atoms with Crippen molar-refractivity contribution in [1.82, 2.24) is 19.3 Å². The molecule has 0 unspecified atom stereocenters. The lowest BCUT2D eigenvalue weighted by Gasteiger charge is -2.48. The van der Waals surface area contributed by atoms with Crippen molar-refractivity contribution in [2.24, 2.45) is 11.3 Å². The Balaban J connectivity index is 1.54. The van der Waals surface area contributed by atoms with Crippen LogP contribution in [0.15, 0.2) is 35.1 Å². The molecule has 0 aliphatic carbocycles. The summed E-state index contributed by atoms with van der Waals surface area (Å²) < 4.78 is 18.4. The fourth-order valence-electron chi connectivity index (χ4n) is 6.57. The summed E-state index contributed by atoms with van der Waals surface area (Å²) in [4.78, 5) is 45.6. The third-order valence-corrected chi connectivity index (χ3v) is 8.83. The van der Waals surface area contributed by atoms with Gasteiger partial charge in [0.15, 0.2) is 16.6 Å². The molecule has 0 radical (unpaired) electrons. The lowest BCUT2D eigenvalue weighted by molar-refractivity contribution is -0.157. The lowest BCUT2D eigenvalue weighted by atomic mass is 9.75. The summed E-state index contributed by atoms with van der Waals surface area (Å²) in [5.74, 6) is 1.06. The molecule has 0 N–H and O–H groups in total. The number of likely N-dealkylation sites (tertiary alicyclic amines) is 1. The molecule has 2 saturated heterocycles. The number of benzene rings is 1. The molecule has 3 aliphatic rings. The zero-order valence-corrected chi connectivity index (χ0v) is 23.7. The van der Waals surface area contributed by atoms with Crippen molar-refractivity contribution >= 4 is 29.1 Å². The molecule has 4 heterocycles. The molecule has 2 aromatic rings. The molecule has 1 aromatic heterocycles. The summed E-state index contributed by atoms with van der Waals surface area (Å²) >= 11 is 5.42. The van der Waals surface area contributed by atoms with E-state index in [-0.39, 0.29) is 47.3 Å². The number of piperidine rings is 1. The van der Waals surface area contributed by atoms with E-state index in [1.54, 1.807) is 38.4 Å². The van der Waals surface area contributed by atoms with Crippen molar-refractivity contribution in [3.05, 3.63) is 51.9 Å². The second-order valence-electron chi connectivity index (χ2n) is 10.7. The van der Waals surface area contributed by atoms with Crippen LogP contribution in [0.5, 0.6) is 17.2 Å². The molecule has 2 amide bonds. The van der Waals surface area contributed by atoms with E-state index in [4.69, 9.17) is 26.4 Å². The first-order chi connectivity index (χ1) is 18.6. The van der Waals surface area contributed by atoms with Gasteiger partial charge in [-0.25, -0.2) is 0 Å². The van der Waals surface area contributed by atoms with Gasteiger partial charge < -0.3 is 23.7 Å². The number of rotatable bonds is 7. The van der Waals surface area contributed by atoms with Crippen LogP contribution < -0.4 is 19.8 Å². The van der Waals surface area contributed by atoms with Crippen LogP contribution in [0.3, 0.4) is 0 Å². The number of amides is 2. The summed E-state index contributed by atoms with van der Waals surface area (Å²) in [5.41, 5.74) is 0.316. The van der Waals surface area contributed by atoms with Gasteiger partial charge in [-0.05, 0) is 54.7 Å². The average molecular weight is 555 g/mol. The number of carbonyl (C=O) groups is 2. The van der Waals surface area contributed by atoms with Crippen LogP contribution in [-0.2, 0) is 22.6 Å². The quantitative estimate of drug-likeness (QED) is 0.378. The van der Waals surface area contributed by atoms with E-state index < -0.39 is 5.41 Å². The van der Waals surface area contributed by atoms with Gasteiger partial charge in [0.05, 0.1) is 21.3 Å². The van der Waals surface area contributed by atoms with Gasteiger partial charge in [0.1, 0.15) is 5.41 Å². The third-order valence-electron chi connectivity index (χ3n) is 8.28. The molecule has 39 heavy (non-hydrogen) atoms. The van der Waals surface area contributed by atoms with E-state index >= 15 is 0 Å². The largest absolute Gasteiger partial charge is 0.493 e. The minimum atomic E-state index is -1.42. The Morgan fingerprint density at radius 2 is 1.56 bits per heavy atom. The van der Waals surface area contributed by atoms with E-state index in [1.165, 1.54) is 31.1 Å². The van der Waals surface area contributed by atoms with Crippen LogP contribution in [0.25, 0.3) is 0 Å². The van der Waals surface area contributed by atoms with Gasteiger partial charge in [0.2, 0.25) is 17.6 Å². The van der Waals surface area contributed by atoms with Gasteiger partial charge in [0.25, 0.3) is 5.56 Å². The maximum Gasteiger partial charge on any atom is 0.250 e. The van der Waals surface area contributed by atoms with Crippen LogP contribution in [0.2, 0.25) is 0 Å². The first kappa shape index (κ1) is 27.1. The molecule has 2 fully saturated rings. The Morgan fingerprint density at radius 1 is 0.923 bits per heavy atom.